The van der Waals surface area contributed by atoms with Gasteiger partial charge in [-0.3, -0.25) is 0 Å². The van der Waals surface area contributed by atoms with Crippen molar-refractivity contribution >= 4 is 26.6 Å². The second-order valence-corrected chi connectivity index (χ2v) is 6.01. The van der Waals surface area contributed by atoms with Gasteiger partial charge in [0, 0.05) is 0 Å². The standard InChI is InChI=1S/C6H11ClSe/c1-6(7)2-4-8-5-3-6/h2-5H2,1H3. The Kier molecular flexibility index (Phi) is 2.25. The van der Waals surface area contributed by atoms with E-state index in [-0.39, 0.29) is 4.87 Å². The van der Waals surface area contributed by atoms with Crippen molar-refractivity contribution in [1.82, 2.24) is 0 Å². The molecule has 0 spiro atoms. The van der Waals surface area contributed by atoms with Crippen LogP contribution in [0.25, 0.3) is 0 Å². The molecular formula is C6H11ClSe. The molecule has 1 fully saturated rings. The molecule has 1 heterocycles. The van der Waals surface area contributed by atoms with Crippen molar-refractivity contribution in [2.24, 2.45) is 0 Å². The van der Waals surface area contributed by atoms with E-state index in [1.807, 2.05) is 0 Å². The second kappa shape index (κ2) is 2.60. The normalized spacial score (nSPS) is 27.8. The Balaban J connectivity index is 2.33. The van der Waals surface area contributed by atoms with Gasteiger partial charge in [-0.15, -0.1) is 0 Å². The first-order chi connectivity index (χ1) is 3.71. The summed E-state index contributed by atoms with van der Waals surface area (Å²) in [4.78, 5) is 0.167. The molecule has 1 aliphatic heterocycles. The molecule has 48 valence electrons. The maximum absolute atomic E-state index is 6.08. The topological polar surface area (TPSA) is 0 Å². The van der Waals surface area contributed by atoms with Crippen LogP contribution in [0.2, 0.25) is 10.6 Å². The molecule has 1 rings (SSSR count). The Hall–Kier alpha value is 0.809. The van der Waals surface area contributed by atoms with E-state index in [2.05, 4.69) is 6.92 Å². The van der Waals surface area contributed by atoms with Crippen LogP contribution in [-0.4, -0.2) is 19.8 Å². The molecule has 0 bridgehead atoms. The molecular weight excluding hydrogens is 186 g/mol. The van der Waals surface area contributed by atoms with Crippen LogP contribution >= 0.6 is 11.6 Å². The van der Waals surface area contributed by atoms with Gasteiger partial charge in [-0.1, -0.05) is 0 Å². The molecule has 0 aromatic carbocycles. The van der Waals surface area contributed by atoms with E-state index >= 15 is 0 Å². The fourth-order valence-electron chi connectivity index (χ4n) is 0.797. The minimum atomic E-state index is 0.167. The van der Waals surface area contributed by atoms with Gasteiger partial charge in [0.15, 0.2) is 0 Å². The molecule has 0 amide bonds. The van der Waals surface area contributed by atoms with Crippen LogP contribution in [0.4, 0.5) is 0 Å². The SMILES string of the molecule is CC1(Cl)CC[Se]CC1. The van der Waals surface area contributed by atoms with Gasteiger partial charge >= 0.3 is 61.8 Å². The van der Waals surface area contributed by atoms with E-state index in [9.17, 15) is 0 Å². The summed E-state index contributed by atoms with van der Waals surface area (Å²) in [5.74, 6) is 0. The third-order valence-corrected chi connectivity index (χ3v) is 3.98. The third-order valence-electron chi connectivity index (χ3n) is 1.54. The van der Waals surface area contributed by atoms with Crippen molar-refractivity contribution in [1.29, 1.82) is 0 Å². The number of rotatable bonds is 0. The van der Waals surface area contributed by atoms with Gasteiger partial charge in [0.05, 0.1) is 0 Å². The summed E-state index contributed by atoms with van der Waals surface area (Å²) < 4.78 is 0. The van der Waals surface area contributed by atoms with Crippen molar-refractivity contribution in [2.45, 2.75) is 35.3 Å². The predicted molar refractivity (Wildman–Crippen MR) is 38.9 cm³/mol. The summed E-state index contributed by atoms with van der Waals surface area (Å²) in [7, 11) is 0. The Labute approximate surface area is 62.1 Å². The van der Waals surface area contributed by atoms with Gasteiger partial charge in [-0.05, 0) is 0 Å². The van der Waals surface area contributed by atoms with Crippen molar-refractivity contribution in [3.8, 4) is 0 Å². The van der Waals surface area contributed by atoms with Crippen molar-refractivity contribution in [2.75, 3.05) is 0 Å². The minimum absolute atomic E-state index is 0.167. The maximum atomic E-state index is 6.08. The predicted octanol–water partition coefficient (Wildman–Crippen LogP) is 2.32. The Bertz CT molecular complexity index is 72.6. The van der Waals surface area contributed by atoms with Crippen molar-refractivity contribution < 1.29 is 0 Å². The average molecular weight is 198 g/mol. The van der Waals surface area contributed by atoms with Crippen LogP contribution in [0.3, 0.4) is 0 Å². The molecule has 8 heavy (non-hydrogen) atoms. The van der Waals surface area contributed by atoms with Crippen LogP contribution in [0.15, 0.2) is 0 Å². The third kappa shape index (κ3) is 1.97. The molecule has 0 nitrogen and oxygen atoms in total. The number of hydrogen-bond acceptors (Lipinski definition) is 0. The molecule has 0 unspecified atom stereocenters. The first-order valence-corrected chi connectivity index (χ1v) is 5.77. The monoisotopic (exact) mass is 198 g/mol. The molecule has 0 atom stereocenters. The molecule has 0 radical (unpaired) electrons. The molecule has 0 aromatic heterocycles. The molecule has 1 aliphatic rings. The summed E-state index contributed by atoms with van der Waals surface area (Å²) in [6.07, 6.45) is 2.49. The van der Waals surface area contributed by atoms with Crippen molar-refractivity contribution in [3.05, 3.63) is 0 Å². The average Bonchev–Trinajstić information content (AvgIpc) is 1.65. The second-order valence-electron chi connectivity index (χ2n) is 2.53. The molecule has 0 saturated carbocycles. The Morgan fingerprint density at radius 2 is 1.88 bits per heavy atom. The molecule has 0 N–H and O–H groups in total. The summed E-state index contributed by atoms with van der Waals surface area (Å²) in [5.41, 5.74) is 0. The molecule has 0 aromatic rings. The zero-order valence-corrected chi connectivity index (χ0v) is 7.58. The fourth-order valence-corrected chi connectivity index (χ4v) is 4.42. The zero-order chi connectivity index (χ0) is 6.04. The van der Waals surface area contributed by atoms with Gasteiger partial charge in [0.2, 0.25) is 0 Å². The van der Waals surface area contributed by atoms with Gasteiger partial charge < -0.3 is 0 Å². The summed E-state index contributed by atoms with van der Waals surface area (Å²) in [5, 5.41) is 2.79. The van der Waals surface area contributed by atoms with E-state index in [0.29, 0.717) is 0 Å². The van der Waals surface area contributed by atoms with E-state index in [4.69, 9.17) is 11.6 Å². The van der Waals surface area contributed by atoms with E-state index in [1.54, 1.807) is 0 Å². The summed E-state index contributed by atoms with van der Waals surface area (Å²) >= 11 is 7.01. The van der Waals surface area contributed by atoms with Gasteiger partial charge in [-0.2, -0.15) is 0 Å². The van der Waals surface area contributed by atoms with Crippen LogP contribution in [-0.2, 0) is 0 Å². The van der Waals surface area contributed by atoms with E-state index in [0.717, 1.165) is 15.0 Å². The Morgan fingerprint density at radius 1 is 1.38 bits per heavy atom. The van der Waals surface area contributed by atoms with Gasteiger partial charge in [-0.25, -0.2) is 0 Å². The van der Waals surface area contributed by atoms with E-state index in [1.165, 1.54) is 23.5 Å². The quantitative estimate of drug-likeness (QED) is 0.413. The summed E-state index contributed by atoms with van der Waals surface area (Å²) in [6.45, 7) is 2.16. The first kappa shape index (κ1) is 6.92. The van der Waals surface area contributed by atoms with Gasteiger partial charge in [0.1, 0.15) is 0 Å². The van der Waals surface area contributed by atoms with Crippen LogP contribution in [0.5, 0.6) is 0 Å². The number of alkyl halides is 1. The van der Waals surface area contributed by atoms with Crippen molar-refractivity contribution in [3.63, 3.8) is 0 Å². The van der Waals surface area contributed by atoms with Crippen LogP contribution in [0, 0.1) is 0 Å². The molecule has 1 saturated heterocycles. The van der Waals surface area contributed by atoms with Crippen LogP contribution in [0.1, 0.15) is 19.8 Å². The summed E-state index contributed by atoms with van der Waals surface area (Å²) in [6, 6.07) is 0. The van der Waals surface area contributed by atoms with Gasteiger partial charge in [0.25, 0.3) is 0 Å². The first-order valence-electron chi connectivity index (χ1n) is 2.97. The fraction of sp³-hybridized carbons (Fsp3) is 1.00. The van der Waals surface area contributed by atoms with E-state index < -0.39 is 0 Å². The van der Waals surface area contributed by atoms with Crippen LogP contribution < -0.4 is 0 Å². The molecule has 0 aliphatic carbocycles. The number of halogens is 1. The number of hydrogen-bond donors (Lipinski definition) is 0. The Morgan fingerprint density at radius 3 is 2.12 bits per heavy atom. The zero-order valence-electron chi connectivity index (χ0n) is 5.11. The molecule has 2 heteroatoms.